The molecule has 0 spiro atoms. The Hall–Kier alpha value is -2.88. The molecule has 3 rings (SSSR count). The molecule has 4 heteroatoms. The molecular weight excluding hydrogens is 315 g/mol. The molecule has 0 bridgehead atoms. The highest BCUT2D eigenvalue weighted by Gasteiger charge is 2.17. The molecule has 1 atom stereocenters. The predicted octanol–water partition coefficient (Wildman–Crippen LogP) is 5.00. The Morgan fingerprint density at radius 2 is 1.72 bits per heavy atom. The zero-order valence-electron chi connectivity index (χ0n) is 14.4. The first-order chi connectivity index (χ1) is 12.2. The number of aromatic nitrogens is 1. The fraction of sp³-hybridized carbons (Fsp3) is 0.190. The van der Waals surface area contributed by atoms with Gasteiger partial charge in [-0.25, -0.2) is 9.37 Å². The average molecular weight is 336 g/mol. The smallest absolute Gasteiger partial charge is 0.212 e. The average Bonchev–Trinajstić information content (AvgIpc) is 2.67. The summed E-state index contributed by atoms with van der Waals surface area (Å²) in [6.45, 7) is 2.81. The number of rotatable bonds is 6. The zero-order chi connectivity index (χ0) is 17.6. The number of anilines is 1. The van der Waals surface area contributed by atoms with Crippen LogP contribution in [-0.2, 0) is 6.54 Å². The molecule has 0 aliphatic rings. The minimum absolute atomic E-state index is 0.133. The lowest BCUT2D eigenvalue weighted by molar-refractivity contribution is 0.397. The van der Waals surface area contributed by atoms with Crippen molar-refractivity contribution in [2.45, 2.75) is 19.5 Å². The van der Waals surface area contributed by atoms with Crippen LogP contribution in [0.2, 0.25) is 0 Å². The monoisotopic (exact) mass is 336 g/mol. The Bertz CT molecular complexity index is 788. The summed E-state index contributed by atoms with van der Waals surface area (Å²) in [4.78, 5) is 6.52. The van der Waals surface area contributed by atoms with Crippen molar-refractivity contribution in [2.24, 2.45) is 0 Å². The molecule has 25 heavy (non-hydrogen) atoms. The molecule has 0 aliphatic heterocycles. The Balaban J connectivity index is 1.91. The highest BCUT2D eigenvalue weighted by molar-refractivity contribution is 5.49. The Labute approximate surface area is 147 Å². The standard InChI is InChI=1S/C21H21FN2O/c1-16(18-6-4-3-5-7-18)24(20-11-9-19(22)10-12-20)15-17-8-13-21(25-2)23-14-17/h3-14,16H,15H2,1-2H3/t16-/m0/s1. The van der Waals surface area contributed by atoms with Gasteiger partial charge in [-0.1, -0.05) is 36.4 Å². The minimum atomic E-state index is -0.234. The largest absolute Gasteiger partial charge is 0.481 e. The molecule has 1 aromatic heterocycles. The van der Waals surface area contributed by atoms with Crippen molar-refractivity contribution < 1.29 is 9.13 Å². The van der Waals surface area contributed by atoms with Gasteiger partial charge in [-0.15, -0.1) is 0 Å². The fourth-order valence-electron chi connectivity index (χ4n) is 2.82. The van der Waals surface area contributed by atoms with Gasteiger partial charge in [-0.2, -0.15) is 0 Å². The van der Waals surface area contributed by atoms with Crippen LogP contribution < -0.4 is 9.64 Å². The van der Waals surface area contributed by atoms with Gasteiger partial charge in [0.25, 0.3) is 0 Å². The highest BCUT2D eigenvalue weighted by atomic mass is 19.1. The van der Waals surface area contributed by atoms with Crippen LogP contribution in [-0.4, -0.2) is 12.1 Å². The summed E-state index contributed by atoms with van der Waals surface area (Å²) in [7, 11) is 1.60. The van der Waals surface area contributed by atoms with E-state index >= 15 is 0 Å². The van der Waals surface area contributed by atoms with Gasteiger partial charge in [-0.3, -0.25) is 0 Å². The number of hydrogen-bond acceptors (Lipinski definition) is 3. The van der Waals surface area contributed by atoms with Gasteiger partial charge in [0.2, 0.25) is 5.88 Å². The molecule has 3 aromatic rings. The Morgan fingerprint density at radius 3 is 2.32 bits per heavy atom. The third-order valence-electron chi connectivity index (χ3n) is 4.27. The number of halogens is 1. The molecule has 0 fully saturated rings. The fourth-order valence-corrected chi connectivity index (χ4v) is 2.82. The Kier molecular flexibility index (Phi) is 5.29. The number of hydrogen-bond donors (Lipinski definition) is 0. The van der Waals surface area contributed by atoms with E-state index < -0.39 is 0 Å². The van der Waals surface area contributed by atoms with Crippen molar-refractivity contribution in [1.29, 1.82) is 0 Å². The molecule has 0 aliphatic carbocycles. The van der Waals surface area contributed by atoms with E-state index in [1.54, 1.807) is 7.11 Å². The molecule has 0 saturated heterocycles. The molecule has 1 heterocycles. The van der Waals surface area contributed by atoms with E-state index in [4.69, 9.17) is 4.74 Å². The van der Waals surface area contributed by atoms with Crippen LogP contribution in [0.3, 0.4) is 0 Å². The molecule has 128 valence electrons. The van der Waals surface area contributed by atoms with E-state index in [9.17, 15) is 4.39 Å². The molecule has 0 amide bonds. The summed E-state index contributed by atoms with van der Waals surface area (Å²) in [5, 5.41) is 0. The molecular formula is C21H21FN2O. The van der Waals surface area contributed by atoms with Crippen LogP contribution in [0.1, 0.15) is 24.1 Å². The van der Waals surface area contributed by atoms with Gasteiger partial charge in [0.1, 0.15) is 5.82 Å². The van der Waals surface area contributed by atoms with Crippen molar-refractivity contribution in [2.75, 3.05) is 12.0 Å². The summed E-state index contributed by atoms with van der Waals surface area (Å²) < 4.78 is 18.5. The van der Waals surface area contributed by atoms with Gasteiger partial charge in [0.15, 0.2) is 0 Å². The van der Waals surface area contributed by atoms with Crippen molar-refractivity contribution in [3.8, 4) is 5.88 Å². The third kappa shape index (κ3) is 4.15. The van der Waals surface area contributed by atoms with Crippen LogP contribution >= 0.6 is 0 Å². The lowest BCUT2D eigenvalue weighted by atomic mass is 10.1. The maximum Gasteiger partial charge on any atom is 0.212 e. The Morgan fingerprint density at radius 1 is 1.00 bits per heavy atom. The van der Waals surface area contributed by atoms with E-state index in [2.05, 4.69) is 28.9 Å². The summed E-state index contributed by atoms with van der Waals surface area (Å²) in [5.41, 5.74) is 3.23. The lowest BCUT2D eigenvalue weighted by Gasteiger charge is -2.32. The molecule has 0 N–H and O–H groups in total. The van der Waals surface area contributed by atoms with E-state index in [-0.39, 0.29) is 11.9 Å². The summed E-state index contributed by atoms with van der Waals surface area (Å²) in [6.07, 6.45) is 1.81. The van der Waals surface area contributed by atoms with Crippen molar-refractivity contribution in [3.05, 3.63) is 89.9 Å². The van der Waals surface area contributed by atoms with E-state index in [0.29, 0.717) is 12.4 Å². The molecule has 0 radical (unpaired) electrons. The third-order valence-corrected chi connectivity index (χ3v) is 4.27. The summed E-state index contributed by atoms with van der Waals surface area (Å²) in [5.74, 6) is 0.357. The van der Waals surface area contributed by atoms with Crippen LogP contribution in [0.5, 0.6) is 5.88 Å². The maximum absolute atomic E-state index is 13.3. The molecule has 0 saturated carbocycles. The number of ether oxygens (including phenoxy) is 1. The van der Waals surface area contributed by atoms with Gasteiger partial charge in [0, 0.05) is 24.5 Å². The lowest BCUT2D eigenvalue weighted by Crippen LogP contribution is -2.26. The SMILES string of the molecule is COc1ccc(CN(c2ccc(F)cc2)[C@@H](C)c2ccccc2)cn1. The number of methoxy groups -OCH3 is 1. The van der Waals surface area contributed by atoms with E-state index in [1.807, 2.05) is 48.7 Å². The van der Waals surface area contributed by atoms with Crippen LogP contribution in [0.4, 0.5) is 10.1 Å². The van der Waals surface area contributed by atoms with E-state index in [1.165, 1.54) is 17.7 Å². The topological polar surface area (TPSA) is 25.4 Å². The first-order valence-electron chi connectivity index (χ1n) is 8.23. The quantitative estimate of drug-likeness (QED) is 0.633. The normalized spacial score (nSPS) is 11.8. The minimum Gasteiger partial charge on any atom is -0.481 e. The second-order valence-corrected chi connectivity index (χ2v) is 5.90. The van der Waals surface area contributed by atoms with Crippen molar-refractivity contribution in [3.63, 3.8) is 0 Å². The molecule has 0 unspecified atom stereocenters. The molecule has 3 nitrogen and oxygen atoms in total. The molecule has 2 aromatic carbocycles. The van der Waals surface area contributed by atoms with Crippen molar-refractivity contribution >= 4 is 5.69 Å². The predicted molar refractivity (Wildman–Crippen MR) is 98.2 cm³/mol. The van der Waals surface area contributed by atoms with Crippen molar-refractivity contribution in [1.82, 2.24) is 4.98 Å². The van der Waals surface area contributed by atoms with Gasteiger partial charge in [0.05, 0.1) is 13.2 Å². The maximum atomic E-state index is 13.3. The summed E-state index contributed by atoms with van der Waals surface area (Å²) >= 11 is 0. The van der Waals surface area contributed by atoms with Gasteiger partial charge < -0.3 is 9.64 Å². The first-order valence-corrected chi connectivity index (χ1v) is 8.23. The van der Waals surface area contributed by atoms with Crippen LogP contribution in [0.15, 0.2) is 72.9 Å². The number of benzene rings is 2. The first kappa shape index (κ1) is 17.0. The number of nitrogens with zero attached hydrogens (tertiary/aromatic N) is 2. The van der Waals surface area contributed by atoms with Crippen LogP contribution in [0, 0.1) is 5.82 Å². The zero-order valence-corrected chi connectivity index (χ0v) is 14.4. The van der Waals surface area contributed by atoms with Gasteiger partial charge in [-0.05, 0) is 42.3 Å². The van der Waals surface area contributed by atoms with Crippen LogP contribution in [0.25, 0.3) is 0 Å². The van der Waals surface area contributed by atoms with E-state index in [0.717, 1.165) is 11.3 Å². The second kappa shape index (κ2) is 7.79. The van der Waals surface area contributed by atoms with Gasteiger partial charge >= 0.3 is 0 Å². The highest BCUT2D eigenvalue weighted by Crippen LogP contribution is 2.29. The number of pyridine rings is 1. The second-order valence-electron chi connectivity index (χ2n) is 5.90. The summed E-state index contributed by atoms with van der Waals surface area (Å²) in [6, 6.07) is 20.9.